The number of oxazole rings is 1. The number of nitrogens with zero attached hydrogens (tertiary/aromatic N) is 1. The third-order valence-corrected chi connectivity index (χ3v) is 5.62. The zero-order valence-electron chi connectivity index (χ0n) is 14.8. The Morgan fingerprint density at radius 2 is 2.04 bits per heavy atom. The first-order chi connectivity index (χ1) is 12.7. The molecule has 0 atom stereocenters. The van der Waals surface area contributed by atoms with E-state index in [2.05, 4.69) is 10.3 Å². The molecular formula is C20H22N2O3S. The zero-order chi connectivity index (χ0) is 17.9. The van der Waals surface area contributed by atoms with Crippen molar-refractivity contribution < 1.29 is 13.6 Å². The van der Waals surface area contributed by atoms with Crippen LogP contribution in [0.15, 0.2) is 44.4 Å². The van der Waals surface area contributed by atoms with Crippen molar-refractivity contribution in [1.82, 2.24) is 10.3 Å². The highest BCUT2D eigenvalue weighted by atomic mass is 32.2. The average Bonchev–Trinajstić information content (AvgIpc) is 3.28. The van der Waals surface area contributed by atoms with Gasteiger partial charge in [0.25, 0.3) is 11.1 Å². The standard InChI is InChI=1S/C20H22N2O3S/c1-13-6-5-9-16-18(13)22-20(25-16)26-12-15-10-11-17(24-15)19(23)21-14-7-3-2-4-8-14/h5-6,9-11,14H,2-4,7-8,12H2,1H3,(H,21,23). The van der Waals surface area contributed by atoms with Gasteiger partial charge in [-0.05, 0) is 43.5 Å². The molecule has 0 saturated heterocycles. The largest absolute Gasteiger partial charge is 0.455 e. The molecule has 1 N–H and O–H groups in total. The highest BCUT2D eigenvalue weighted by molar-refractivity contribution is 7.98. The number of para-hydroxylation sites is 1. The molecule has 26 heavy (non-hydrogen) atoms. The van der Waals surface area contributed by atoms with Gasteiger partial charge in [-0.25, -0.2) is 4.98 Å². The van der Waals surface area contributed by atoms with Crippen molar-refractivity contribution in [2.75, 3.05) is 0 Å². The van der Waals surface area contributed by atoms with E-state index in [1.807, 2.05) is 31.2 Å². The number of hydrogen-bond donors (Lipinski definition) is 1. The molecule has 1 aliphatic rings. The predicted molar refractivity (Wildman–Crippen MR) is 101 cm³/mol. The maximum atomic E-state index is 12.3. The third kappa shape index (κ3) is 3.80. The Balaban J connectivity index is 1.36. The predicted octanol–water partition coefficient (Wildman–Crippen LogP) is 5.08. The number of hydrogen-bond acceptors (Lipinski definition) is 5. The second-order valence-corrected chi connectivity index (χ2v) is 7.69. The van der Waals surface area contributed by atoms with Gasteiger partial charge in [-0.3, -0.25) is 4.79 Å². The van der Waals surface area contributed by atoms with Crippen LogP contribution in [0.2, 0.25) is 0 Å². The van der Waals surface area contributed by atoms with Crippen molar-refractivity contribution in [3.05, 3.63) is 47.4 Å². The van der Waals surface area contributed by atoms with Crippen LogP contribution in [0.4, 0.5) is 0 Å². The molecule has 0 radical (unpaired) electrons. The Morgan fingerprint density at radius 1 is 1.19 bits per heavy atom. The minimum atomic E-state index is -0.120. The molecule has 2 aromatic heterocycles. The highest BCUT2D eigenvalue weighted by Crippen LogP contribution is 2.28. The van der Waals surface area contributed by atoms with E-state index in [1.54, 1.807) is 6.07 Å². The fraction of sp³-hybridized carbons (Fsp3) is 0.400. The summed E-state index contributed by atoms with van der Waals surface area (Å²) in [5, 5.41) is 3.69. The van der Waals surface area contributed by atoms with Gasteiger partial charge < -0.3 is 14.2 Å². The van der Waals surface area contributed by atoms with Crippen LogP contribution in [-0.2, 0) is 5.75 Å². The van der Waals surface area contributed by atoms with Gasteiger partial charge in [-0.1, -0.05) is 43.2 Å². The van der Waals surface area contributed by atoms with E-state index in [9.17, 15) is 4.79 Å². The van der Waals surface area contributed by atoms with Crippen molar-refractivity contribution in [2.45, 2.75) is 56.0 Å². The number of thioether (sulfide) groups is 1. The van der Waals surface area contributed by atoms with Gasteiger partial charge in [0.15, 0.2) is 11.3 Å². The Labute approximate surface area is 156 Å². The van der Waals surface area contributed by atoms with E-state index in [4.69, 9.17) is 8.83 Å². The van der Waals surface area contributed by atoms with Crippen molar-refractivity contribution in [3.63, 3.8) is 0 Å². The van der Waals surface area contributed by atoms with E-state index in [-0.39, 0.29) is 11.9 Å². The first kappa shape index (κ1) is 17.2. The number of carbonyl (C=O) groups excluding carboxylic acids is 1. The van der Waals surface area contributed by atoms with Gasteiger partial charge in [0.1, 0.15) is 11.3 Å². The van der Waals surface area contributed by atoms with Crippen molar-refractivity contribution in [1.29, 1.82) is 0 Å². The molecular weight excluding hydrogens is 348 g/mol. The van der Waals surface area contributed by atoms with E-state index in [0.29, 0.717) is 16.7 Å². The first-order valence-electron chi connectivity index (χ1n) is 9.07. The second-order valence-electron chi connectivity index (χ2n) is 6.76. The minimum absolute atomic E-state index is 0.120. The van der Waals surface area contributed by atoms with Crippen molar-refractivity contribution >= 4 is 28.8 Å². The van der Waals surface area contributed by atoms with Crippen LogP contribution in [0.5, 0.6) is 0 Å². The van der Waals surface area contributed by atoms with Crippen LogP contribution in [0, 0.1) is 6.92 Å². The van der Waals surface area contributed by atoms with E-state index in [1.165, 1.54) is 31.0 Å². The van der Waals surface area contributed by atoms with Crippen LogP contribution in [0.3, 0.4) is 0 Å². The highest BCUT2D eigenvalue weighted by Gasteiger charge is 2.19. The molecule has 0 unspecified atom stereocenters. The fourth-order valence-corrected chi connectivity index (χ4v) is 4.07. The Hall–Kier alpha value is -2.21. The summed E-state index contributed by atoms with van der Waals surface area (Å²) in [4.78, 5) is 16.8. The molecule has 1 fully saturated rings. The Kier molecular flexibility index (Phi) is 5.02. The summed E-state index contributed by atoms with van der Waals surface area (Å²) >= 11 is 1.47. The molecule has 1 amide bonds. The van der Waals surface area contributed by atoms with Crippen LogP contribution in [0.1, 0.15) is 54.0 Å². The minimum Gasteiger partial charge on any atom is -0.455 e. The van der Waals surface area contributed by atoms with Gasteiger partial charge in [-0.15, -0.1) is 0 Å². The number of aromatic nitrogens is 1. The van der Waals surface area contributed by atoms with Crippen LogP contribution in [0.25, 0.3) is 11.1 Å². The average molecular weight is 370 g/mol. The molecule has 6 heteroatoms. The van der Waals surface area contributed by atoms with Gasteiger partial charge in [0.05, 0.1) is 5.75 Å². The van der Waals surface area contributed by atoms with Gasteiger partial charge >= 0.3 is 0 Å². The topological polar surface area (TPSA) is 68.3 Å². The SMILES string of the molecule is Cc1cccc2oc(SCc3ccc(C(=O)NC4CCCCC4)o3)nc12. The van der Waals surface area contributed by atoms with Gasteiger partial charge in [-0.2, -0.15) is 0 Å². The maximum Gasteiger partial charge on any atom is 0.287 e. The molecule has 4 rings (SSSR count). The summed E-state index contributed by atoms with van der Waals surface area (Å²) in [6.07, 6.45) is 5.77. The summed E-state index contributed by atoms with van der Waals surface area (Å²) in [5.74, 6) is 1.57. The number of furan rings is 1. The molecule has 1 aromatic carbocycles. The molecule has 0 aliphatic heterocycles. The number of amides is 1. The normalized spacial score (nSPS) is 15.4. The second kappa shape index (κ2) is 7.58. The van der Waals surface area contributed by atoms with Gasteiger partial charge in [0, 0.05) is 6.04 Å². The molecule has 2 heterocycles. The quantitative estimate of drug-likeness (QED) is 0.634. The number of fused-ring (bicyclic) bond motifs is 1. The van der Waals surface area contributed by atoms with E-state index in [0.717, 1.165) is 35.3 Å². The molecule has 1 aliphatic carbocycles. The zero-order valence-corrected chi connectivity index (χ0v) is 15.6. The summed E-state index contributed by atoms with van der Waals surface area (Å²) < 4.78 is 11.5. The van der Waals surface area contributed by atoms with Gasteiger partial charge in [0.2, 0.25) is 0 Å². The summed E-state index contributed by atoms with van der Waals surface area (Å²) in [7, 11) is 0. The molecule has 0 bridgehead atoms. The lowest BCUT2D eigenvalue weighted by Gasteiger charge is -2.22. The van der Waals surface area contributed by atoms with Crippen LogP contribution < -0.4 is 5.32 Å². The number of carbonyl (C=O) groups is 1. The lowest BCUT2D eigenvalue weighted by molar-refractivity contribution is 0.0898. The molecule has 1 saturated carbocycles. The van der Waals surface area contributed by atoms with Crippen molar-refractivity contribution in [3.8, 4) is 0 Å². The number of aryl methyl sites for hydroxylation is 1. The molecule has 0 spiro atoms. The number of nitrogens with one attached hydrogen (secondary N) is 1. The Bertz CT molecular complexity index is 909. The van der Waals surface area contributed by atoms with E-state index >= 15 is 0 Å². The van der Waals surface area contributed by atoms with Crippen LogP contribution >= 0.6 is 11.8 Å². The first-order valence-corrected chi connectivity index (χ1v) is 10.1. The fourth-order valence-electron chi connectivity index (χ4n) is 3.34. The number of rotatable bonds is 5. The summed E-state index contributed by atoms with van der Waals surface area (Å²) in [5.41, 5.74) is 2.78. The molecule has 3 aromatic rings. The van der Waals surface area contributed by atoms with Crippen LogP contribution in [-0.4, -0.2) is 16.9 Å². The summed E-state index contributed by atoms with van der Waals surface area (Å²) in [6.45, 7) is 2.02. The third-order valence-electron chi connectivity index (χ3n) is 4.76. The van der Waals surface area contributed by atoms with Crippen molar-refractivity contribution in [2.24, 2.45) is 0 Å². The lowest BCUT2D eigenvalue weighted by atomic mass is 9.95. The lowest BCUT2D eigenvalue weighted by Crippen LogP contribution is -2.35. The molecule has 5 nitrogen and oxygen atoms in total. The monoisotopic (exact) mass is 370 g/mol. The maximum absolute atomic E-state index is 12.3. The number of benzene rings is 1. The smallest absolute Gasteiger partial charge is 0.287 e. The molecule has 136 valence electrons. The summed E-state index contributed by atoms with van der Waals surface area (Å²) in [6, 6.07) is 9.76. The Morgan fingerprint density at radius 3 is 2.85 bits per heavy atom. The van der Waals surface area contributed by atoms with E-state index < -0.39 is 0 Å².